The van der Waals surface area contributed by atoms with Gasteiger partial charge >= 0.3 is 5.97 Å². The molecular formula is C19H20N6O3. The van der Waals surface area contributed by atoms with Gasteiger partial charge in [-0.15, -0.1) is 0 Å². The molecule has 1 amide bonds. The van der Waals surface area contributed by atoms with Crippen molar-refractivity contribution in [3.8, 4) is 0 Å². The van der Waals surface area contributed by atoms with Crippen molar-refractivity contribution < 1.29 is 14.7 Å². The lowest BCUT2D eigenvalue weighted by Crippen LogP contribution is -2.35. The van der Waals surface area contributed by atoms with Crippen LogP contribution < -0.4 is 4.90 Å². The molecule has 9 heteroatoms. The predicted molar refractivity (Wildman–Crippen MR) is 102 cm³/mol. The number of carboxylic acid groups (broad SMARTS) is 1. The zero-order valence-corrected chi connectivity index (χ0v) is 15.4. The smallest absolute Gasteiger partial charge is 0.356 e. The van der Waals surface area contributed by atoms with Crippen LogP contribution in [0, 0.1) is 6.92 Å². The van der Waals surface area contributed by atoms with E-state index >= 15 is 0 Å². The second kappa shape index (κ2) is 7.26. The number of carbonyl (C=O) groups is 2. The van der Waals surface area contributed by atoms with Crippen molar-refractivity contribution in [2.75, 3.05) is 31.1 Å². The van der Waals surface area contributed by atoms with Gasteiger partial charge < -0.3 is 19.3 Å². The number of pyridine rings is 1. The van der Waals surface area contributed by atoms with Crippen LogP contribution in [0.15, 0.2) is 36.9 Å². The highest BCUT2D eigenvalue weighted by Crippen LogP contribution is 2.16. The van der Waals surface area contributed by atoms with Crippen molar-refractivity contribution in [1.82, 2.24) is 24.3 Å². The van der Waals surface area contributed by atoms with E-state index in [9.17, 15) is 9.59 Å². The van der Waals surface area contributed by atoms with Crippen LogP contribution in [0.4, 0.5) is 5.82 Å². The second-order valence-corrected chi connectivity index (χ2v) is 6.75. The van der Waals surface area contributed by atoms with E-state index in [0.717, 1.165) is 17.6 Å². The van der Waals surface area contributed by atoms with Gasteiger partial charge in [0.2, 0.25) is 0 Å². The van der Waals surface area contributed by atoms with Gasteiger partial charge in [0.15, 0.2) is 5.69 Å². The van der Waals surface area contributed by atoms with Crippen LogP contribution in [-0.4, -0.2) is 67.4 Å². The molecule has 3 aromatic heterocycles. The van der Waals surface area contributed by atoms with E-state index in [-0.39, 0.29) is 11.6 Å². The highest BCUT2D eigenvalue weighted by atomic mass is 16.4. The fourth-order valence-electron chi connectivity index (χ4n) is 3.38. The van der Waals surface area contributed by atoms with Gasteiger partial charge in [-0.1, -0.05) is 6.07 Å². The molecule has 9 nitrogen and oxygen atoms in total. The van der Waals surface area contributed by atoms with Crippen LogP contribution in [0.1, 0.15) is 33.0 Å². The molecule has 28 heavy (non-hydrogen) atoms. The molecule has 0 radical (unpaired) electrons. The van der Waals surface area contributed by atoms with E-state index in [4.69, 9.17) is 5.11 Å². The third-order valence-electron chi connectivity index (χ3n) is 4.85. The summed E-state index contributed by atoms with van der Waals surface area (Å²) in [6.07, 6.45) is 7.16. The Balaban J connectivity index is 1.50. The molecule has 144 valence electrons. The van der Waals surface area contributed by atoms with E-state index < -0.39 is 5.97 Å². The Labute approximate surface area is 161 Å². The quantitative estimate of drug-likeness (QED) is 0.734. The summed E-state index contributed by atoms with van der Waals surface area (Å²) in [6.45, 7) is 4.30. The fourth-order valence-corrected chi connectivity index (χ4v) is 3.38. The van der Waals surface area contributed by atoms with E-state index in [2.05, 4.69) is 15.0 Å². The number of rotatable bonds is 3. The molecule has 0 unspecified atom stereocenters. The molecule has 1 saturated heterocycles. The molecule has 0 atom stereocenters. The van der Waals surface area contributed by atoms with Crippen LogP contribution in [0.5, 0.6) is 0 Å². The summed E-state index contributed by atoms with van der Waals surface area (Å²) in [5.41, 5.74) is 2.13. The normalized spacial score (nSPS) is 14.9. The maximum absolute atomic E-state index is 12.9. The summed E-state index contributed by atoms with van der Waals surface area (Å²) < 4.78 is 1.86. The third kappa shape index (κ3) is 3.38. The van der Waals surface area contributed by atoms with Crippen molar-refractivity contribution in [3.05, 3.63) is 53.9 Å². The monoisotopic (exact) mass is 380 g/mol. The second-order valence-electron chi connectivity index (χ2n) is 6.75. The van der Waals surface area contributed by atoms with Crippen LogP contribution in [-0.2, 0) is 0 Å². The maximum Gasteiger partial charge on any atom is 0.356 e. The minimum Gasteiger partial charge on any atom is -0.476 e. The third-order valence-corrected chi connectivity index (χ3v) is 4.85. The molecule has 1 N–H and O–H groups in total. The zero-order chi connectivity index (χ0) is 19.7. The number of aryl methyl sites for hydroxylation is 1. The van der Waals surface area contributed by atoms with Crippen molar-refractivity contribution in [3.63, 3.8) is 0 Å². The molecule has 4 rings (SSSR count). The Morgan fingerprint density at radius 2 is 1.93 bits per heavy atom. The highest BCUT2D eigenvalue weighted by Gasteiger charge is 2.23. The van der Waals surface area contributed by atoms with Crippen molar-refractivity contribution in [2.24, 2.45) is 0 Å². The number of carboxylic acids is 1. The Morgan fingerprint density at radius 3 is 2.71 bits per heavy atom. The highest BCUT2D eigenvalue weighted by molar-refractivity contribution is 5.93. The predicted octanol–water partition coefficient (Wildman–Crippen LogP) is 1.48. The molecule has 0 bridgehead atoms. The van der Waals surface area contributed by atoms with Gasteiger partial charge in [-0.25, -0.2) is 14.8 Å². The first-order valence-electron chi connectivity index (χ1n) is 9.07. The number of fused-ring (bicyclic) bond motifs is 1. The molecule has 0 aliphatic carbocycles. The number of hydrogen-bond donors (Lipinski definition) is 1. The number of carbonyl (C=O) groups excluding carboxylic acids is 1. The van der Waals surface area contributed by atoms with Crippen molar-refractivity contribution in [2.45, 2.75) is 13.3 Å². The lowest BCUT2D eigenvalue weighted by atomic mass is 10.3. The average molecular weight is 380 g/mol. The SMILES string of the molecule is Cc1cccn2cc(C(=O)N3CCCN(c4cncc(C(=O)O)n4)CC3)nc12. The van der Waals surface area contributed by atoms with Gasteiger partial charge in [-0.3, -0.25) is 9.78 Å². The lowest BCUT2D eigenvalue weighted by molar-refractivity contribution is 0.0689. The first-order chi connectivity index (χ1) is 13.5. The van der Waals surface area contributed by atoms with E-state index in [1.807, 2.05) is 34.6 Å². The van der Waals surface area contributed by atoms with E-state index in [0.29, 0.717) is 37.7 Å². The lowest BCUT2D eigenvalue weighted by Gasteiger charge is -2.22. The van der Waals surface area contributed by atoms with Gasteiger partial charge in [0.05, 0.1) is 12.4 Å². The fraction of sp³-hybridized carbons (Fsp3) is 0.316. The minimum absolute atomic E-state index is 0.0882. The first-order valence-corrected chi connectivity index (χ1v) is 9.07. The van der Waals surface area contributed by atoms with Crippen molar-refractivity contribution >= 4 is 23.3 Å². The number of imidazole rings is 1. The number of amides is 1. The molecule has 0 saturated carbocycles. The number of nitrogens with zero attached hydrogens (tertiary/aromatic N) is 6. The molecule has 1 aliphatic rings. The Hall–Kier alpha value is -3.49. The van der Waals surface area contributed by atoms with Crippen LogP contribution >= 0.6 is 0 Å². The summed E-state index contributed by atoms with van der Waals surface area (Å²) in [6, 6.07) is 3.89. The number of aromatic carboxylic acids is 1. The molecule has 0 spiro atoms. The summed E-state index contributed by atoms with van der Waals surface area (Å²) in [7, 11) is 0. The van der Waals surface area contributed by atoms with Crippen LogP contribution in [0.3, 0.4) is 0 Å². The summed E-state index contributed by atoms with van der Waals surface area (Å²) in [5, 5.41) is 9.10. The van der Waals surface area contributed by atoms with Gasteiger partial charge in [-0.05, 0) is 25.0 Å². The Morgan fingerprint density at radius 1 is 1.07 bits per heavy atom. The summed E-state index contributed by atoms with van der Waals surface area (Å²) in [5.74, 6) is -0.698. The van der Waals surface area contributed by atoms with Crippen LogP contribution in [0.25, 0.3) is 5.65 Å². The summed E-state index contributed by atoms with van der Waals surface area (Å²) in [4.78, 5) is 40.4. The summed E-state index contributed by atoms with van der Waals surface area (Å²) >= 11 is 0. The number of hydrogen-bond acceptors (Lipinski definition) is 6. The Bertz CT molecular complexity index is 1050. The van der Waals surface area contributed by atoms with Gasteiger partial charge in [-0.2, -0.15) is 0 Å². The molecule has 0 aromatic carbocycles. The topological polar surface area (TPSA) is 104 Å². The number of aromatic nitrogens is 4. The molecule has 1 fully saturated rings. The average Bonchev–Trinajstić information content (AvgIpc) is 2.99. The van der Waals surface area contributed by atoms with Gasteiger partial charge in [0.25, 0.3) is 5.91 Å². The minimum atomic E-state index is -1.11. The van der Waals surface area contributed by atoms with Gasteiger partial charge in [0.1, 0.15) is 17.2 Å². The van der Waals surface area contributed by atoms with Crippen molar-refractivity contribution in [1.29, 1.82) is 0 Å². The standard InChI is InChI=1S/C19H20N6O3/c1-13-4-2-5-25-12-15(22-17(13)25)18(26)24-7-3-6-23(8-9-24)16-11-20-10-14(21-16)19(27)28/h2,4-5,10-12H,3,6-9H2,1H3,(H,27,28). The van der Waals surface area contributed by atoms with E-state index in [1.165, 1.54) is 6.20 Å². The first kappa shape index (κ1) is 17.9. The molecule has 3 aromatic rings. The maximum atomic E-state index is 12.9. The zero-order valence-electron chi connectivity index (χ0n) is 15.4. The number of anilines is 1. The molecule has 1 aliphatic heterocycles. The van der Waals surface area contributed by atoms with Gasteiger partial charge in [0, 0.05) is 38.6 Å². The molecule has 4 heterocycles. The molecular weight excluding hydrogens is 360 g/mol. The largest absolute Gasteiger partial charge is 0.476 e. The van der Waals surface area contributed by atoms with E-state index in [1.54, 1.807) is 17.3 Å². The van der Waals surface area contributed by atoms with Crippen LogP contribution in [0.2, 0.25) is 0 Å². The Kier molecular flexibility index (Phi) is 4.64.